The molecule has 0 radical (unpaired) electrons. The summed E-state index contributed by atoms with van der Waals surface area (Å²) in [6, 6.07) is 3.80. The van der Waals surface area contributed by atoms with Crippen molar-refractivity contribution in [1.82, 2.24) is 0 Å². The first kappa shape index (κ1) is 9.71. The molecule has 1 N–H and O–H groups in total. The first-order valence-corrected chi connectivity index (χ1v) is 5.14. The van der Waals surface area contributed by atoms with Gasteiger partial charge in [-0.3, -0.25) is 0 Å². The van der Waals surface area contributed by atoms with Crippen LogP contribution in [0.5, 0.6) is 0 Å². The van der Waals surface area contributed by atoms with Crippen LogP contribution < -0.4 is 5.32 Å². The van der Waals surface area contributed by atoms with Crippen LogP contribution in [0.3, 0.4) is 0 Å². The molecule has 0 saturated heterocycles. The van der Waals surface area contributed by atoms with Crippen LogP contribution in [0, 0.1) is 0 Å². The van der Waals surface area contributed by atoms with E-state index in [1.807, 2.05) is 0 Å². The molecule has 76 valence electrons. The van der Waals surface area contributed by atoms with Crippen LogP contribution in [-0.2, 0) is 6.18 Å². The van der Waals surface area contributed by atoms with Crippen molar-refractivity contribution in [2.45, 2.75) is 11.1 Å². The number of thioether (sulfide) groups is 1. The second kappa shape index (κ2) is 3.38. The summed E-state index contributed by atoms with van der Waals surface area (Å²) in [4.78, 5) is 0.686. The molecule has 0 bridgehead atoms. The summed E-state index contributed by atoms with van der Waals surface area (Å²) in [6.07, 6.45) is -4.24. The Labute approximate surface area is 83.7 Å². The maximum absolute atomic E-state index is 12.3. The van der Waals surface area contributed by atoms with Crippen molar-refractivity contribution in [3.05, 3.63) is 23.8 Å². The molecule has 1 aliphatic heterocycles. The van der Waals surface area contributed by atoms with Gasteiger partial charge in [0.2, 0.25) is 0 Å². The topological polar surface area (TPSA) is 12.0 Å². The van der Waals surface area contributed by atoms with Gasteiger partial charge in [-0.15, -0.1) is 11.8 Å². The van der Waals surface area contributed by atoms with Gasteiger partial charge in [0.1, 0.15) is 0 Å². The van der Waals surface area contributed by atoms with E-state index in [-0.39, 0.29) is 0 Å². The molecule has 0 fully saturated rings. The number of anilines is 1. The minimum atomic E-state index is -4.24. The van der Waals surface area contributed by atoms with Gasteiger partial charge in [-0.05, 0) is 18.2 Å². The highest BCUT2D eigenvalue weighted by atomic mass is 32.2. The number of fused-ring (bicyclic) bond motifs is 1. The van der Waals surface area contributed by atoms with Crippen molar-refractivity contribution in [3.8, 4) is 0 Å². The number of benzene rings is 1. The van der Waals surface area contributed by atoms with E-state index in [1.165, 1.54) is 23.9 Å². The van der Waals surface area contributed by atoms with Crippen LogP contribution in [-0.4, -0.2) is 12.3 Å². The summed E-state index contributed by atoms with van der Waals surface area (Å²) in [5, 5.41) is 3.05. The van der Waals surface area contributed by atoms with E-state index in [1.54, 1.807) is 0 Å². The Morgan fingerprint density at radius 1 is 1.29 bits per heavy atom. The summed E-state index contributed by atoms with van der Waals surface area (Å²) in [7, 11) is 0. The van der Waals surface area contributed by atoms with Crippen molar-refractivity contribution in [1.29, 1.82) is 0 Å². The van der Waals surface area contributed by atoms with Gasteiger partial charge < -0.3 is 5.32 Å². The van der Waals surface area contributed by atoms with Crippen LogP contribution in [0.1, 0.15) is 5.56 Å². The normalized spacial score (nSPS) is 15.9. The smallest absolute Gasteiger partial charge is 0.383 e. The molecule has 1 aromatic carbocycles. The third kappa shape index (κ3) is 1.82. The van der Waals surface area contributed by atoms with E-state index in [2.05, 4.69) is 5.32 Å². The van der Waals surface area contributed by atoms with E-state index < -0.39 is 11.7 Å². The summed E-state index contributed by atoms with van der Waals surface area (Å²) < 4.78 is 37.0. The lowest BCUT2D eigenvalue weighted by Gasteiger charge is -2.18. The van der Waals surface area contributed by atoms with Crippen LogP contribution in [0.25, 0.3) is 0 Å². The highest BCUT2D eigenvalue weighted by molar-refractivity contribution is 7.99. The molecule has 1 aromatic rings. The number of rotatable bonds is 0. The molecule has 0 saturated carbocycles. The molecule has 1 heterocycles. The number of nitrogens with one attached hydrogen (secondary N) is 1. The molecule has 0 spiro atoms. The Kier molecular flexibility index (Phi) is 2.34. The van der Waals surface area contributed by atoms with Crippen molar-refractivity contribution < 1.29 is 13.2 Å². The predicted molar refractivity (Wildman–Crippen MR) is 50.7 cm³/mol. The van der Waals surface area contributed by atoms with E-state index in [0.717, 1.165) is 24.1 Å². The zero-order valence-corrected chi connectivity index (χ0v) is 8.00. The third-order valence-corrected chi connectivity index (χ3v) is 3.04. The fourth-order valence-electron chi connectivity index (χ4n) is 1.31. The maximum atomic E-state index is 12.3. The molecule has 0 unspecified atom stereocenters. The van der Waals surface area contributed by atoms with Gasteiger partial charge in [-0.25, -0.2) is 0 Å². The largest absolute Gasteiger partial charge is 0.416 e. The molecule has 5 heteroatoms. The number of alkyl halides is 3. The first-order chi connectivity index (χ1) is 6.57. The second-order valence-corrected chi connectivity index (χ2v) is 4.12. The second-order valence-electron chi connectivity index (χ2n) is 2.98. The fraction of sp³-hybridized carbons (Fsp3) is 0.333. The molecular weight excluding hydrogens is 211 g/mol. The van der Waals surface area contributed by atoms with Crippen molar-refractivity contribution in [3.63, 3.8) is 0 Å². The first-order valence-electron chi connectivity index (χ1n) is 4.15. The van der Waals surface area contributed by atoms with E-state index in [9.17, 15) is 13.2 Å². The van der Waals surface area contributed by atoms with Crippen LogP contribution in [0.2, 0.25) is 0 Å². The molecule has 0 aliphatic carbocycles. The number of hydrogen-bond acceptors (Lipinski definition) is 2. The monoisotopic (exact) mass is 219 g/mol. The van der Waals surface area contributed by atoms with Gasteiger partial charge in [0, 0.05) is 22.9 Å². The van der Waals surface area contributed by atoms with Crippen molar-refractivity contribution in [2.24, 2.45) is 0 Å². The Morgan fingerprint density at radius 2 is 2.07 bits per heavy atom. The zero-order chi connectivity index (χ0) is 10.2. The average molecular weight is 219 g/mol. The Hall–Kier alpha value is -0.840. The lowest BCUT2D eigenvalue weighted by Crippen LogP contribution is -2.12. The van der Waals surface area contributed by atoms with Crippen LogP contribution in [0.15, 0.2) is 23.1 Å². The molecule has 0 amide bonds. The summed E-state index contributed by atoms with van der Waals surface area (Å²) in [6.45, 7) is 0.809. The van der Waals surface area contributed by atoms with E-state index >= 15 is 0 Å². The molecule has 14 heavy (non-hydrogen) atoms. The minimum Gasteiger partial charge on any atom is -0.383 e. The quantitative estimate of drug-likeness (QED) is 0.719. The molecule has 1 aliphatic rings. The zero-order valence-electron chi connectivity index (χ0n) is 7.19. The fourth-order valence-corrected chi connectivity index (χ4v) is 2.24. The lowest BCUT2D eigenvalue weighted by atomic mass is 10.2. The summed E-state index contributed by atoms with van der Waals surface area (Å²) >= 11 is 1.46. The average Bonchev–Trinajstić information content (AvgIpc) is 2.16. The highest BCUT2D eigenvalue weighted by Gasteiger charge is 2.31. The standard InChI is InChI=1S/C9H8F3NS/c10-9(11,12)6-1-2-7-8(5-6)14-4-3-13-7/h1-2,5,13H,3-4H2. The van der Waals surface area contributed by atoms with Gasteiger partial charge in [0.15, 0.2) is 0 Å². The lowest BCUT2D eigenvalue weighted by molar-refractivity contribution is -0.137. The maximum Gasteiger partial charge on any atom is 0.416 e. The van der Waals surface area contributed by atoms with Crippen LogP contribution in [0.4, 0.5) is 18.9 Å². The number of halogens is 3. The molecule has 0 aromatic heterocycles. The highest BCUT2D eigenvalue weighted by Crippen LogP contribution is 2.37. The minimum absolute atomic E-state index is 0.576. The van der Waals surface area contributed by atoms with E-state index in [4.69, 9.17) is 0 Å². The Morgan fingerprint density at radius 3 is 2.79 bits per heavy atom. The van der Waals surface area contributed by atoms with Gasteiger partial charge in [-0.1, -0.05) is 0 Å². The summed E-state index contributed by atoms with van der Waals surface area (Å²) in [5.74, 6) is 0.814. The van der Waals surface area contributed by atoms with Gasteiger partial charge in [0.05, 0.1) is 5.56 Å². The number of hydrogen-bond donors (Lipinski definition) is 1. The van der Waals surface area contributed by atoms with Crippen molar-refractivity contribution >= 4 is 17.4 Å². The van der Waals surface area contributed by atoms with Gasteiger partial charge in [-0.2, -0.15) is 13.2 Å². The summed E-state index contributed by atoms with van der Waals surface area (Å²) in [5.41, 5.74) is 0.224. The molecular formula is C9H8F3NS. The van der Waals surface area contributed by atoms with Gasteiger partial charge >= 0.3 is 6.18 Å². The Balaban J connectivity index is 2.39. The Bertz CT molecular complexity index is 348. The van der Waals surface area contributed by atoms with Crippen LogP contribution >= 0.6 is 11.8 Å². The van der Waals surface area contributed by atoms with Gasteiger partial charge in [0.25, 0.3) is 0 Å². The molecule has 0 atom stereocenters. The van der Waals surface area contributed by atoms with E-state index in [0.29, 0.717) is 4.90 Å². The third-order valence-electron chi connectivity index (χ3n) is 1.98. The molecule has 2 rings (SSSR count). The predicted octanol–water partition coefficient (Wildman–Crippen LogP) is 3.22. The molecule has 1 nitrogen and oxygen atoms in total. The SMILES string of the molecule is FC(F)(F)c1ccc2c(c1)SCCN2. The van der Waals surface area contributed by atoms with Crippen molar-refractivity contribution in [2.75, 3.05) is 17.6 Å².